The van der Waals surface area contributed by atoms with Crippen molar-refractivity contribution >= 4 is 17.4 Å². The van der Waals surface area contributed by atoms with Gasteiger partial charge in [-0.2, -0.15) is 0 Å². The Kier molecular flexibility index (Phi) is 4.59. The van der Waals surface area contributed by atoms with Crippen LogP contribution < -0.4 is 10.1 Å². The molecule has 6 nitrogen and oxygen atoms in total. The number of hydrogen-bond acceptors (Lipinski definition) is 4. The number of imidazole rings is 1. The lowest BCUT2D eigenvalue weighted by molar-refractivity contribution is 0.102. The lowest BCUT2D eigenvalue weighted by atomic mass is 10.0. The lowest BCUT2D eigenvalue weighted by Gasteiger charge is -2.09. The molecule has 3 aromatic carbocycles. The first kappa shape index (κ1) is 18.8. The summed E-state index contributed by atoms with van der Waals surface area (Å²) in [6, 6.07) is 19.9. The van der Waals surface area contributed by atoms with E-state index in [-0.39, 0.29) is 11.7 Å². The minimum Gasteiger partial charge on any atom is -0.486 e. The van der Waals surface area contributed by atoms with E-state index >= 15 is 0 Å². The number of hydrogen-bond donors (Lipinski definition) is 1. The van der Waals surface area contributed by atoms with Gasteiger partial charge in [0, 0.05) is 41.8 Å². The zero-order valence-corrected chi connectivity index (χ0v) is 16.8. The Labute approximate surface area is 179 Å². The average molecular weight is 409 g/mol. The number of carbonyl (C=O) groups excluding carboxylic acids is 2. The Balaban J connectivity index is 1.28. The molecule has 1 N–H and O–H groups in total. The largest absolute Gasteiger partial charge is 0.486 e. The third-order valence-electron chi connectivity index (χ3n) is 5.39. The molecule has 0 radical (unpaired) electrons. The number of aromatic nitrogens is 2. The van der Waals surface area contributed by atoms with Crippen molar-refractivity contribution in [2.45, 2.75) is 6.61 Å². The molecule has 1 heterocycles. The van der Waals surface area contributed by atoms with Crippen LogP contribution in [0, 0.1) is 0 Å². The highest BCUT2D eigenvalue weighted by Gasteiger charge is 2.27. The SMILES string of the molecule is Cn1ccnc1COc1ccc(NC(=O)c2ccc3c(c2)C(=O)c2ccccc2-3)cc1. The fourth-order valence-electron chi connectivity index (χ4n) is 3.69. The maximum absolute atomic E-state index is 12.7. The minimum atomic E-state index is -0.270. The van der Waals surface area contributed by atoms with Crippen LogP contribution in [0.2, 0.25) is 0 Å². The van der Waals surface area contributed by atoms with Crippen LogP contribution >= 0.6 is 0 Å². The van der Waals surface area contributed by atoms with Crippen molar-refractivity contribution in [3.63, 3.8) is 0 Å². The number of fused-ring (bicyclic) bond motifs is 3. The molecule has 1 amide bonds. The second kappa shape index (κ2) is 7.57. The summed E-state index contributed by atoms with van der Waals surface area (Å²) in [5.41, 5.74) is 4.10. The number of aryl methyl sites for hydroxylation is 1. The number of nitrogens with zero attached hydrogens (tertiary/aromatic N) is 2. The highest BCUT2D eigenvalue weighted by molar-refractivity contribution is 6.22. The number of benzene rings is 3. The van der Waals surface area contributed by atoms with Crippen LogP contribution in [0.5, 0.6) is 5.75 Å². The van der Waals surface area contributed by atoms with Crippen molar-refractivity contribution in [2.24, 2.45) is 7.05 Å². The van der Waals surface area contributed by atoms with Crippen LogP contribution in [0.1, 0.15) is 32.1 Å². The predicted molar refractivity (Wildman–Crippen MR) is 117 cm³/mol. The lowest BCUT2D eigenvalue weighted by Crippen LogP contribution is -2.12. The van der Waals surface area contributed by atoms with Crippen LogP contribution in [-0.2, 0) is 13.7 Å². The highest BCUT2D eigenvalue weighted by Crippen LogP contribution is 2.36. The molecule has 1 aliphatic carbocycles. The third kappa shape index (κ3) is 3.48. The van der Waals surface area contributed by atoms with Gasteiger partial charge in [-0.15, -0.1) is 0 Å². The van der Waals surface area contributed by atoms with Gasteiger partial charge >= 0.3 is 0 Å². The molecule has 6 heteroatoms. The van der Waals surface area contributed by atoms with Crippen molar-refractivity contribution < 1.29 is 14.3 Å². The summed E-state index contributed by atoms with van der Waals surface area (Å²) >= 11 is 0. The van der Waals surface area contributed by atoms with Crippen molar-refractivity contribution in [1.82, 2.24) is 9.55 Å². The van der Waals surface area contributed by atoms with Gasteiger partial charge in [-0.1, -0.05) is 30.3 Å². The van der Waals surface area contributed by atoms with Gasteiger partial charge in [0.05, 0.1) is 0 Å². The van der Waals surface area contributed by atoms with Gasteiger partial charge in [0.25, 0.3) is 5.91 Å². The summed E-state index contributed by atoms with van der Waals surface area (Å²) in [7, 11) is 1.91. The van der Waals surface area contributed by atoms with E-state index in [9.17, 15) is 9.59 Å². The number of nitrogens with one attached hydrogen (secondary N) is 1. The van der Waals surface area contributed by atoms with E-state index in [1.165, 1.54) is 0 Å². The van der Waals surface area contributed by atoms with Crippen LogP contribution in [0.15, 0.2) is 79.1 Å². The first-order valence-corrected chi connectivity index (χ1v) is 9.89. The maximum atomic E-state index is 12.7. The van der Waals surface area contributed by atoms with Gasteiger partial charge in [0.1, 0.15) is 18.2 Å². The number of ketones is 1. The Morgan fingerprint density at radius 2 is 1.71 bits per heavy atom. The summed E-state index contributed by atoms with van der Waals surface area (Å²) in [5.74, 6) is 1.19. The second-order valence-electron chi connectivity index (χ2n) is 7.36. The number of rotatable bonds is 5. The van der Waals surface area contributed by atoms with E-state index in [1.54, 1.807) is 42.6 Å². The molecule has 0 aliphatic heterocycles. The standard InChI is InChI=1S/C25H19N3O3/c1-28-13-12-26-23(28)15-31-18-9-7-17(8-10-18)27-25(30)16-6-11-20-19-4-2-3-5-21(19)24(29)22(20)14-16/h2-14H,15H2,1H3,(H,27,30). The van der Waals surface area contributed by atoms with Crippen LogP contribution in [-0.4, -0.2) is 21.2 Å². The quantitative estimate of drug-likeness (QED) is 0.465. The minimum absolute atomic E-state index is 0.0468. The van der Waals surface area contributed by atoms with Crippen LogP contribution in [0.25, 0.3) is 11.1 Å². The van der Waals surface area contributed by atoms with Crippen molar-refractivity contribution in [3.8, 4) is 16.9 Å². The first-order chi connectivity index (χ1) is 15.1. The number of carbonyl (C=O) groups is 2. The Morgan fingerprint density at radius 3 is 2.45 bits per heavy atom. The summed E-state index contributed by atoms with van der Waals surface area (Å²) in [5, 5.41) is 2.87. The summed E-state index contributed by atoms with van der Waals surface area (Å²) in [6.07, 6.45) is 3.59. The normalized spacial score (nSPS) is 11.7. The molecule has 0 spiro atoms. The van der Waals surface area contributed by atoms with E-state index < -0.39 is 0 Å². The van der Waals surface area contributed by atoms with Crippen LogP contribution in [0.4, 0.5) is 5.69 Å². The molecule has 5 rings (SSSR count). The fraction of sp³-hybridized carbons (Fsp3) is 0.0800. The van der Waals surface area contributed by atoms with E-state index in [2.05, 4.69) is 10.3 Å². The predicted octanol–water partition coefficient (Wildman–Crippen LogP) is 4.46. The molecule has 1 aliphatic rings. The first-order valence-electron chi connectivity index (χ1n) is 9.89. The summed E-state index contributed by atoms with van der Waals surface area (Å²) in [4.78, 5) is 29.6. The molecular formula is C25H19N3O3. The molecule has 31 heavy (non-hydrogen) atoms. The van der Waals surface area contributed by atoms with Crippen molar-refractivity contribution in [3.05, 3.63) is 102 Å². The number of ether oxygens (including phenoxy) is 1. The molecule has 0 saturated carbocycles. The Morgan fingerprint density at radius 1 is 0.968 bits per heavy atom. The number of anilines is 1. The summed E-state index contributed by atoms with van der Waals surface area (Å²) < 4.78 is 7.63. The van der Waals surface area contributed by atoms with E-state index in [0.717, 1.165) is 17.0 Å². The van der Waals surface area contributed by atoms with Gasteiger partial charge in [-0.05, 0) is 47.5 Å². The van der Waals surface area contributed by atoms with Gasteiger partial charge in [-0.3, -0.25) is 9.59 Å². The van der Waals surface area contributed by atoms with E-state index in [4.69, 9.17) is 4.74 Å². The zero-order valence-electron chi connectivity index (χ0n) is 16.8. The maximum Gasteiger partial charge on any atom is 0.255 e. The zero-order chi connectivity index (χ0) is 21.4. The molecule has 1 aromatic heterocycles. The van der Waals surface area contributed by atoms with Gasteiger partial charge < -0.3 is 14.6 Å². The van der Waals surface area contributed by atoms with Crippen LogP contribution in [0.3, 0.4) is 0 Å². The van der Waals surface area contributed by atoms with Crippen molar-refractivity contribution in [2.75, 3.05) is 5.32 Å². The van der Waals surface area contributed by atoms with E-state index in [1.807, 2.05) is 48.1 Å². The second-order valence-corrected chi connectivity index (χ2v) is 7.36. The van der Waals surface area contributed by atoms with Gasteiger partial charge in [0.15, 0.2) is 5.78 Å². The van der Waals surface area contributed by atoms with Crippen molar-refractivity contribution in [1.29, 1.82) is 0 Å². The molecule has 152 valence electrons. The molecule has 0 unspecified atom stereocenters. The highest BCUT2D eigenvalue weighted by atomic mass is 16.5. The smallest absolute Gasteiger partial charge is 0.255 e. The molecule has 0 bridgehead atoms. The Hall–Kier alpha value is -4.19. The topological polar surface area (TPSA) is 73.2 Å². The molecule has 0 fully saturated rings. The average Bonchev–Trinajstić information content (AvgIpc) is 3.34. The molecule has 0 atom stereocenters. The van der Waals surface area contributed by atoms with Gasteiger partial charge in [0.2, 0.25) is 0 Å². The van der Waals surface area contributed by atoms with Gasteiger partial charge in [-0.25, -0.2) is 4.98 Å². The monoisotopic (exact) mass is 409 g/mol. The molecule has 0 saturated heterocycles. The summed E-state index contributed by atoms with van der Waals surface area (Å²) in [6.45, 7) is 0.362. The molecule has 4 aromatic rings. The third-order valence-corrected chi connectivity index (χ3v) is 5.39. The fourth-order valence-corrected chi connectivity index (χ4v) is 3.69. The number of amides is 1. The molecular weight excluding hydrogens is 390 g/mol. The van der Waals surface area contributed by atoms with E-state index in [0.29, 0.717) is 34.7 Å². The Bertz CT molecular complexity index is 1310.